The Balaban J connectivity index is 1.95. The second kappa shape index (κ2) is 8.99. The second-order valence-corrected chi connectivity index (χ2v) is 6.63. The molecule has 0 aliphatic carbocycles. The third-order valence-electron chi connectivity index (χ3n) is 4.17. The van der Waals surface area contributed by atoms with Crippen molar-refractivity contribution >= 4 is 33.3 Å². The van der Waals surface area contributed by atoms with Crippen LogP contribution in [0, 0.1) is 0 Å². The Hall–Kier alpha value is -1.66. The predicted molar refractivity (Wildman–Crippen MR) is 99.6 cm³/mol. The number of benzene rings is 1. The number of halogens is 1. The highest BCUT2D eigenvalue weighted by atomic mass is 79.9. The van der Waals surface area contributed by atoms with E-state index in [0.29, 0.717) is 16.7 Å². The molecule has 0 saturated carbocycles. The molecule has 2 amide bonds. The molecule has 24 heavy (non-hydrogen) atoms. The quantitative estimate of drug-likeness (QED) is 0.405. The Labute approximate surface area is 151 Å². The third-order valence-corrected chi connectivity index (χ3v) is 4.67. The number of carbonyl (C=O) groups is 2. The SMILES string of the molecule is CCN(CC)CCCCNC=C1C(=O)NC(=O)c2ccc(Br)cc21. The molecule has 0 spiro atoms. The fourth-order valence-corrected chi connectivity index (χ4v) is 3.08. The van der Waals surface area contributed by atoms with Gasteiger partial charge in [0.05, 0.1) is 5.57 Å². The lowest BCUT2D eigenvalue weighted by molar-refractivity contribution is -0.114. The Bertz CT molecular complexity index is 639. The van der Waals surface area contributed by atoms with Crippen LogP contribution in [0.4, 0.5) is 0 Å². The molecule has 0 radical (unpaired) electrons. The lowest BCUT2D eigenvalue weighted by atomic mass is 9.96. The summed E-state index contributed by atoms with van der Waals surface area (Å²) < 4.78 is 0.842. The van der Waals surface area contributed by atoms with Gasteiger partial charge in [0, 0.05) is 28.3 Å². The molecule has 0 atom stereocenters. The zero-order valence-corrected chi connectivity index (χ0v) is 15.8. The largest absolute Gasteiger partial charge is 0.390 e. The number of hydrogen-bond acceptors (Lipinski definition) is 4. The standard InChI is InChI=1S/C18H24BrN3O2/c1-3-22(4-2)10-6-5-9-20-12-16-15-11-13(19)7-8-14(15)17(23)21-18(16)24/h7-8,11-12,20H,3-6,9-10H2,1-2H3,(H,21,23,24). The summed E-state index contributed by atoms with van der Waals surface area (Å²) in [5.74, 6) is -0.708. The lowest BCUT2D eigenvalue weighted by Crippen LogP contribution is -2.37. The van der Waals surface area contributed by atoms with Crippen molar-refractivity contribution in [2.45, 2.75) is 26.7 Å². The zero-order valence-electron chi connectivity index (χ0n) is 14.2. The van der Waals surface area contributed by atoms with Gasteiger partial charge in [-0.2, -0.15) is 0 Å². The van der Waals surface area contributed by atoms with Gasteiger partial charge in [0.25, 0.3) is 11.8 Å². The molecular weight excluding hydrogens is 370 g/mol. The molecule has 130 valence electrons. The summed E-state index contributed by atoms with van der Waals surface area (Å²) in [6.45, 7) is 8.39. The number of imide groups is 1. The summed E-state index contributed by atoms with van der Waals surface area (Å²) in [5.41, 5.74) is 1.68. The van der Waals surface area contributed by atoms with Crippen LogP contribution in [0.1, 0.15) is 42.6 Å². The van der Waals surface area contributed by atoms with Gasteiger partial charge < -0.3 is 10.2 Å². The highest BCUT2D eigenvalue weighted by Gasteiger charge is 2.27. The number of nitrogens with one attached hydrogen (secondary N) is 2. The van der Waals surface area contributed by atoms with Crippen LogP contribution < -0.4 is 10.6 Å². The number of amides is 2. The first kappa shape index (κ1) is 18.7. The Morgan fingerprint density at radius 2 is 1.88 bits per heavy atom. The number of nitrogens with zero attached hydrogens (tertiary/aromatic N) is 1. The summed E-state index contributed by atoms with van der Waals surface area (Å²) in [6.07, 6.45) is 3.86. The van der Waals surface area contributed by atoms with E-state index in [1.807, 2.05) is 0 Å². The third kappa shape index (κ3) is 4.68. The molecule has 1 heterocycles. The van der Waals surface area contributed by atoms with E-state index >= 15 is 0 Å². The van der Waals surface area contributed by atoms with Gasteiger partial charge in [0.15, 0.2) is 0 Å². The number of carbonyl (C=O) groups excluding carboxylic acids is 2. The van der Waals surface area contributed by atoms with E-state index in [4.69, 9.17) is 0 Å². The molecule has 1 aromatic carbocycles. The highest BCUT2D eigenvalue weighted by Crippen LogP contribution is 2.26. The topological polar surface area (TPSA) is 61.4 Å². The van der Waals surface area contributed by atoms with Crippen molar-refractivity contribution in [1.82, 2.24) is 15.5 Å². The average Bonchev–Trinajstić information content (AvgIpc) is 2.56. The van der Waals surface area contributed by atoms with Crippen molar-refractivity contribution in [3.8, 4) is 0 Å². The molecule has 0 aromatic heterocycles. The predicted octanol–water partition coefficient (Wildman–Crippen LogP) is 2.77. The van der Waals surface area contributed by atoms with Crippen LogP contribution in [0.25, 0.3) is 5.57 Å². The van der Waals surface area contributed by atoms with Gasteiger partial charge in [-0.25, -0.2) is 0 Å². The number of hydrogen-bond donors (Lipinski definition) is 2. The molecule has 1 aliphatic rings. The minimum atomic E-state index is -0.360. The van der Waals surface area contributed by atoms with E-state index in [0.717, 1.165) is 43.5 Å². The number of fused-ring (bicyclic) bond motifs is 1. The number of unbranched alkanes of at least 4 members (excludes halogenated alkanes) is 1. The van der Waals surface area contributed by atoms with Crippen LogP contribution in [-0.4, -0.2) is 42.9 Å². The maximum absolute atomic E-state index is 12.1. The second-order valence-electron chi connectivity index (χ2n) is 5.72. The van der Waals surface area contributed by atoms with Gasteiger partial charge in [-0.3, -0.25) is 14.9 Å². The first-order valence-electron chi connectivity index (χ1n) is 8.38. The van der Waals surface area contributed by atoms with Gasteiger partial charge in [-0.05, 0) is 50.7 Å². The molecule has 6 heteroatoms. The zero-order chi connectivity index (χ0) is 17.5. The molecule has 0 bridgehead atoms. The summed E-state index contributed by atoms with van der Waals surface area (Å²) >= 11 is 3.39. The Kier molecular flexibility index (Phi) is 6.99. The minimum absolute atomic E-state index is 0.348. The molecule has 0 unspecified atom stereocenters. The van der Waals surface area contributed by atoms with Crippen molar-refractivity contribution in [3.05, 3.63) is 40.0 Å². The van der Waals surface area contributed by atoms with Crippen molar-refractivity contribution in [2.24, 2.45) is 0 Å². The van der Waals surface area contributed by atoms with E-state index < -0.39 is 0 Å². The van der Waals surface area contributed by atoms with Crippen molar-refractivity contribution < 1.29 is 9.59 Å². The van der Waals surface area contributed by atoms with Crippen LogP contribution in [0.3, 0.4) is 0 Å². The highest BCUT2D eigenvalue weighted by molar-refractivity contribution is 9.10. The fourth-order valence-electron chi connectivity index (χ4n) is 2.72. The van der Waals surface area contributed by atoms with Gasteiger partial charge in [0.1, 0.15) is 0 Å². The van der Waals surface area contributed by atoms with Crippen molar-refractivity contribution in [2.75, 3.05) is 26.2 Å². The maximum Gasteiger partial charge on any atom is 0.260 e. The minimum Gasteiger partial charge on any atom is -0.390 e. The molecule has 2 N–H and O–H groups in total. The van der Waals surface area contributed by atoms with E-state index in [-0.39, 0.29) is 11.8 Å². The average molecular weight is 394 g/mol. The van der Waals surface area contributed by atoms with Crippen LogP contribution in [-0.2, 0) is 4.79 Å². The maximum atomic E-state index is 12.1. The molecule has 5 nitrogen and oxygen atoms in total. The van der Waals surface area contributed by atoms with E-state index in [1.54, 1.807) is 24.4 Å². The van der Waals surface area contributed by atoms with Crippen LogP contribution in [0.2, 0.25) is 0 Å². The summed E-state index contributed by atoms with van der Waals surface area (Å²) in [4.78, 5) is 26.4. The van der Waals surface area contributed by atoms with Gasteiger partial charge >= 0.3 is 0 Å². The molecule has 0 saturated heterocycles. The summed E-state index contributed by atoms with van der Waals surface area (Å²) in [7, 11) is 0. The van der Waals surface area contributed by atoms with Crippen LogP contribution in [0.5, 0.6) is 0 Å². The Morgan fingerprint density at radius 3 is 2.58 bits per heavy atom. The summed E-state index contributed by atoms with van der Waals surface area (Å²) in [5, 5.41) is 5.58. The fraction of sp³-hybridized carbons (Fsp3) is 0.444. The van der Waals surface area contributed by atoms with Gasteiger partial charge in [-0.15, -0.1) is 0 Å². The van der Waals surface area contributed by atoms with E-state index in [1.165, 1.54) is 0 Å². The molecule has 0 fully saturated rings. The molecular formula is C18H24BrN3O2. The van der Waals surface area contributed by atoms with Crippen LogP contribution >= 0.6 is 15.9 Å². The van der Waals surface area contributed by atoms with Gasteiger partial charge in [-0.1, -0.05) is 29.8 Å². The first-order valence-corrected chi connectivity index (χ1v) is 9.17. The van der Waals surface area contributed by atoms with Gasteiger partial charge in [0.2, 0.25) is 0 Å². The normalized spacial score (nSPS) is 15.6. The summed E-state index contributed by atoms with van der Waals surface area (Å²) in [6, 6.07) is 5.32. The molecule has 1 aliphatic heterocycles. The van der Waals surface area contributed by atoms with E-state index in [9.17, 15) is 9.59 Å². The molecule has 2 rings (SSSR count). The van der Waals surface area contributed by atoms with Crippen LogP contribution in [0.15, 0.2) is 28.9 Å². The lowest BCUT2D eigenvalue weighted by Gasteiger charge is -2.19. The van der Waals surface area contributed by atoms with Crippen molar-refractivity contribution in [3.63, 3.8) is 0 Å². The number of rotatable bonds is 8. The van der Waals surface area contributed by atoms with E-state index in [2.05, 4.69) is 45.3 Å². The Morgan fingerprint density at radius 1 is 1.12 bits per heavy atom. The smallest absolute Gasteiger partial charge is 0.260 e. The first-order chi connectivity index (χ1) is 11.6. The molecule has 1 aromatic rings. The monoisotopic (exact) mass is 393 g/mol. The van der Waals surface area contributed by atoms with Crippen molar-refractivity contribution in [1.29, 1.82) is 0 Å².